The Morgan fingerprint density at radius 3 is 1.33 bits per heavy atom. The molecule has 16 nitrogen and oxygen atoms in total. The largest absolute Gasteiger partial charge is 0.504 e. The fourth-order valence-electron chi connectivity index (χ4n) is 2.71. The molecule has 0 spiro atoms. The number of aliphatic hydroxyl groups is 6. The SMILES string of the molecule is O=C(OC(O)(OC(=O)c1cc(O)c(O)c(O)c1)[C@H](O)[C@H](O)[C@H](O)[C@@H](O)CO)c1cc(O)c(O)c(O)c1. The fraction of sp³-hybridized carbons (Fsp3) is 0.300. The summed E-state index contributed by atoms with van der Waals surface area (Å²) in [5, 5.41) is 116. The lowest BCUT2D eigenvalue weighted by molar-refractivity contribution is -0.363. The third-order valence-corrected chi connectivity index (χ3v) is 4.72. The van der Waals surface area contributed by atoms with Crippen molar-refractivity contribution in [2.24, 2.45) is 0 Å². The molecule has 0 heterocycles. The molecule has 0 aliphatic heterocycles. The van der Waals surface area contributed by atoms with Crippen LogP contribution in [0, 0.1) is 0 Å². The highest BCUT2D eigenvalue weighted by atomic mass is 16.8. The van der Waals surface area contributed by atoms with Crippen molar-refractivity contribution < 1.29 is 80.3 Å². The third kappa shape index (κ3) is 5.77. The molecule has 2 aromatic rings. The second kappa shape index (κ2) is 10.7. The molecule has 16 heteroatoms. The Bertz CT molecular complexity index is 1010. The second-order valence-corrected chi connectivity index (χ2v) is 7.31. The minimum atomic E-state index is -3.93. The minimum absolute atomic E-state index is 0.517. The first-order valence-corrected chi connectivity index (χ1v) is 9.65. The van der Waals surface area contributed by atoms with E-state index in [9.17, 15) is 65.8 Å². The molecule has 0 aromatic heterocycles. The molecule has 0 saturated heterocycles. The number of benzene rings is 2. The molecule has 0 saturated carbocycles. The minimum Gasteiger partial charge on any atom is -0.504 e. The predicted molar refractivity (Wildman–Crippen MR) is 110 cm³/mol. The monoisotopic (exact) mass is 518 g/mol. The van der Waals surface area contributed by atoms with Gasteiger partial charge in [-0.2, -0.15) is 0 Å². The van der Waals surface area contributed by atoms with E-state index in [1.165, 1.54) is 0 Å². The molecule has 0 aliphatic carbocycles. The number of carbonyl (C=O) groups excluding carboxylic acids is 2. The average Bonchev–Trinajstić information content (AvgIpc) is 2.82. The van der Waals surface area contributed by atoms with Gasteiger partial charge in [0.1, 0.15) is 18.3 Å². The smallest absolute Gasteiger partial charge is 0.404 e. The number of esters is 2. The zero-order chi connectivity index (χ0) is 27.5. The van der Waals surface area contributed by atoms with Gasteiger partial charge in [0, 0.05) is 0 Å². The lowest BCUT2D eigenvalue weighted by Crippen LogP contribution is -2.59. The van der Waals surface area contributed by atoms with Crippen molar-refractivity contribution in [3.63, 3.8) is 0 Å². The molecule has 2 aromatic carbocycles. The number of hydrogen-bond donors (Lipinski definition) is 12. The van der Waals surface area contributed by atoms with Crippen LogP contribution in [0.2, 0.25) is 0 Å². The average molecular weight is 518 g/mol. The van der Waals surface area contributed by atoms with Crippen molar-refractivity contribution in [3.05, 3.63) is 35.4 Å². The molecule has 36 heavy (non-hydrogen) atoms. The summed E-state index contributed by atoms with van der Waals surface area (Å²) in [5.41, 5.74) is -1.62. The van der Waals surface area contributed by atoms with E-state index < -0.39 is 94.6 Å². The quantitative estimate of drug-likeness (QED) is 0.0895. The van der Waals surface area contributed by atoms with Crippen molar-refractivity contribution in [1.82, 2.24) is 0 Å². The Kier molecular flexibility index (Phi) is 8.37. The Morgan fingerprint density at radius 2 is 1.03 bits per heavy atom. The maximum absolute atomic E-state index is 12.5. The topological polar surface area (TPSA) is 295 Å². The lowest BCUT2D eigenvalue weighted by Gasteiger charge is -2.35. The molecule has 0 bridgehead atoms. The highest BCUT2D eigenvalue weighted by molar-refractivity contribution is 5.93. The zero-order valence-corrected chi connectivity index (χ0v) is 17.8. The van der Waals surface area contributed by atoms with Crippen molar-refractivity contribution in [2.75, 3.05) is 6.61 Å². The summed E-state index contributed by atoms with van der Waals surface area (Å²) in [6, 6.07) is 2.07. The van der Waals surface area contributed by atoms with Gasteiger partial charge in [0.25, 0.3) is 0 Å². The van der Waals surface area contributed by atoms with E-state index in [1.807, 2.05) is 0 Å². The number of hydrogen-bond acceptors (Lipinski definition) is 16. The molecule has 0 unspecified atom stereocenters. The summed E-state index contributed by atoms with van der Waals surface area (Å²) in [7, 11) is 0. The Hall–Kier alpha value is -4.06. The summed E-state index contributed by atoms with van der Waals surface area (Å²) in [6.45, 7) is -1.15. The molecule has 198 valence electrons. The van der Waals surface area contributed by atoms with Crippen LogP contribution in [0.4, 0.5) is 0 Å². The van der Waals surface area contributed by atoms with Crippen molar-refractivity contribution in [1.29, 1.82) is 0 Å². The molecule has 0 amide bonds. The van der Waals surface area contributed by atoms with Gasteiger partial charge in [0.15, 0.2) is 40.6 Å². The maximum Gasteiger partial charge on any atom is 0.404 e. The van der Waals surface area contributed by atoms with Crippen molar-refractivity contribution in [3.8, 4) is 34.5 Å². The molecular formula is C20H22O16. The molecular weight excluding hydrogens is 496 g/mol. The van der Waals surface area contributed by atoms with Crippen molar-refractivity contribution >= 4 is 11.9 Å². The summed E-state index contributed by atoms with van der Waals surface area (Å²) >= 11 is 0. The van der Waals surface area contributed by atoms with Gasteiger partial charge >= 0.3 is 17.9 Å². The van der Waals surface area contributed by atoms with Gasteiger partial charge in [-0.15, -0.1) is 0 Å². The van der Waals surface area contributed by atoms with E-state index in [4.69, 9.17) is 5.11 Å². The van der Waals surface area contributed by atoms with Crippen LogP contribution in [0.3, 0.4) is 0 Å². The van der Waals surface area contributed by atoms with Crippen LogP contribution in [0.1, 0.15) is 20.7 Å². The van der Waals surface area contributed by atoms with Gasteiger partial charge in [-0.25, -0.2) is 9.59 Å². The van der Waals surface area contributed by atoms with Crippen LogP contribution in [0.5, 0.6) is 34.5 Å². The van der Waals surface area contributed by atoms with Gasteiger partial charge in [0.05, 0.1) is 17.7 Å². The number of ether oxygens (including phenoxy) is 2. The van der Waals surface area contributed by atoms with Crippen LogP contribution in [0.15, 0.2) is 24.3 Å². The fourth-order valence-corrected chi connectivity index (χ4v) is 2.71. The number of rotatable bonds is 9. The molecule has 12 N–H and O–H groups in total. The normalized spacial score (nSPS) is 14.9. The number of aliphatic hydroxyl groups excluding tert-OH is 5. The zero-order valence-electron chi connectivity index (χ0n) is 17.8. The first-order chi connectivity index (χ1) is 16.6. The first kappa shape index (κ1) is 28.2. The molecule has 0 fully saturated rings. The second-order valence-electron chi connectivity index (χ2n) is 7.31. The Labute approximate surface area is 199 Å². The van der Waals surface area contributed by atoms with Gasteiger partial charge in [-0.1, -0.05) is 0 Å². The van der Waals surface area contributed by atoms with Crippen LogP contribution < -0.4 is 0 Å². The first-order valence-electron chi connectivity index (χ1n) is 9.65. The van der Waals surface area contributed by atoms with Gasteiger partial charge in [0.2, 0.25) is 0 Å². The van der Waals surface area contributed by atoms with E-state index in [1.54, 1.807) is 0 Å². The summed E-state index contributed by atoms with van der Waals surface area (Å²) in [4.78, 5) is 25.0. The standard InChI is InChI=1S/C20H22O16/c21-5-12(26)15(29)16(30)17(31)20(34,35-18(32)6-1-8(22)13(27)9(23)2-6)36-19(33)7-3-10(24)14(28)11(25)4-7/h1-4,12,15-17,21-31,34H,5H2/t12-,15+,16+,17+/m0/s1. The Morgan fingerprint density at radius 1 is 0.694 bits per heavy atom. The number of carbonyl (C=O) groups is 2. The van der Waals surface area contributed by atoms with E-state index >= 15 is 0 Å². The van der Waals surface area contributed by atoms with Crippen LogP contribution in [-0.2, 0) is 9.47 Å². The summed E-state index contributed by atoms with van der Waals surface area (Å²) in [6.07, 6.45) is -10.2. The van der Waals surface area contributed by atoms with Crippen molar-refractivity contribution in [2.45, 2.75) is 30.4 Å². The van der Waals surface area contributed by atoms with E-state index in [-0.39, 0.29) is 0 Å². The molecule has 4 atom stereocenters. The highest BCUT2D eigenvalue weighted by Crippen LogP contribution is 2.37. The summed E-state index contributed by atoms with van der Waals surface area (Å²) in [5.74, 6) is -13.7. The van der Waals surface area contributed by atoms with Crippen LogP contribution in [0.25, 0.3) is 0 Å². The molecule has 0 radical (unpaired) electrons. The third-order valence-electron chi connectivity index (χ3n) is 4.72. The number of phenolic OH excluding ortho intramolecular Hbond substituents is 6. The number of phenols is 6. The van der Waals surface area contributed by atoms with Crippen LogP contribution in [-0.4, -0.2) is 110 Å². The molecule has 2 rings (SSSR count). The van der Waals surface area contributed by atoms with E-state index in [0.29, 0.717) is 24.3 Å². The predicted octanol–water partition coefficient (Wildman–Crippen LogP) is -2.98. The van der Waals surface area contributed by atoms with Gasteiger partial charge in [-0.05, 0) is 24.3 Å². The summed E-state index contributed by atoms with van der Waals surface area (Å²) < 4.78 is 9.05. The maximum atomic E-state index is 12.5. The highest BCUT2D eigenvalue weighted by Gasteiger charge is 2.51. The van der Waals surface area contributed by atoms with E-state index in [0.717, 1.165) is 0 Å². The molecule has 0 aliphatic rings. The van der Waals surface area contributed by atoms with E-state index in [2.05, 4.69) is 9.47 Å². The number of aromatic hydroxyl groups is 6. The Balaban J connectivity index is 2.48. The van der Waals surface area contributed by atoms with Gasteiger partial charge < -0.3 is 70.8 Å². The van der Waals surface area contributed by atoms with Crippen LogP contribution >= 0.6 is 0 Å². The van der Waals surface area contributed by atoms with Gasteiger partial charge in [-0.3, -0.25) is 0 Å². The lowest BCUT2D eigenvalue weighted by atomic mass is 10.0.